The molecule has 2 heterocycles. The lowest BCUT2D eigenvalue weighted by molar-refractivity contribution is -0.142. The average Bonchev–Trinajstić information content (AvgIpc) is 2.61. The summed E-state index contributed by atoms with van der Waals surface area (Å²) in [4.78, 5) is 14.5. The molecule has 0 aromatic heterocycles. The van der Waals surface area contributed by atoms with Gasteiger partial charge in [-0.1, -0.05) is 30.3 Å². The van der Waals surface area contributed by atoms with Gasteiger partial charge in [0.1, 0.15) is 6.04 Å². The number of amides is 1. The highest BCUT2D eigenvalue weighted by Gasteiger charge is 2.33. The van der Waals surface area contributed by atoms with Gasteiger partial charge >= 0.3 is 0 Å². The molecule has 1 N–H and O–H groups in total. The summed E-state index contributed by atoms with van der Waals surface area (Å²) >= 11 is 0. The van der Waals surface area contributed by atoms with Crippen LogP contribution in [0.2, 0.25) is 0 Å². The SMILES string of the molecule is C[C@H]1OCCN[C@@H]1C(=O)N1CCC(OCc2ccccc2)CC1. The number of nitrogens with zero attached hydrogens (tertiary/aromatic N) is 1. The number of carbonyl (C=O) groups excluding carboxylic acids is 1. The van der Waals surface area contributed by atoms with E-state index in [1.54, 1.807) is 0 Å². The van der Waals surface area contributed by atoms with E-state index in [0.717, 1.165) is 32.5 Å². The smallest absolute Gasteiger partial charge is 0.242 e. The Bertz CT molecular complexity index is 500. The lowest BCUT2D eigenvalue weighted by Gasteiger charge is -2.37. The fourth-order valence-electron chi connectivity index (χ4n) is 3.24. The quantitative estimate of drug-likeness (QED) is 0.915. The highest BCUT2D eigenvalue weighted by atomic mass is 16.5. The lowest BCUT2D eigenvalue weighted by atomic mass is 10.0. The van der Waals surface area contributed by atoms with Crippen molar-refractivity contribution in [1.82, 2.24) is 10.2 Å². The molecule has 0 radical (unpaired) electrons. The van der Waals surface area contributed by atoms with Gasteiger partial charge in [0.2, 0.25) is 5.91 Å². The van der Waals surface area contributed by atoms with E-state index in [0.29, 0.717) is 13.2 Å². The molecule has 2 saturated heterocycles. The Hall–Kier alpha value is -1.43. The van der Waals surface area contributed by atoms with Crippen LogP contribution in [0.25, 0.3) is 0 Å². The van der Waals surface area contributed by atoms with E-state index in [1.165, 1.54) is 5.56 Å². The molecule has 5 nitrogen and oxygen atoms in total. The van der Waals surface area contributed by atoms with E-state index < -0.39 is 0 Å². The molecule has 1 amide bonds. The molecular formula is C18H26N2O3. The normalized spacial score (nSPS) is 26.2. The zero-order valence-corrected chi connectivity index (χ0v) is 13.7. The number of benzene rings is 1. The molecular weight excluding hydrogens is 292 g/mol. The minimum absolute atomic E-state index is 0.0525. The summed E-state index contributed by atoms with van der Waals surface area (Å²) in [6, 6.07) is 10.0. The van der Waals surface area contributed by atoms with E-state index in [9.17, 15) is 4.79 Å². The molecule has 23 heavy (non-hydrogen) atoms. The van der Waals surface area contributed by atoms with Gasteiger partial charge in [0.05, 0.1) is 25.4 Å². The number of likely N-dealkylation sites (tertiary alicyclic amines) is 1. The third-order valence-corrected chi connectivity index (χ3v) is 4.66. The second kappa shape index (κ2) is 7.90. The van der Waals surface area contributed by atoms with Crippen LogP contribution in [0.5, 0.6) is 0 Å². The first-order valence-electron chi connectivity index (χ1n) is 8.53. The van der Waals surface area contributed by atoms with Crippen molar-refractivity contribution in [3.8, 4) is 0 Å². The first-order valence-corrected chi connectivity index (χ1v) is 8.53. The van der Waals surface area contributed by atoms with Gasteiger partial charge in [-0.3, -0.25) is 4.79 Å². The van der Waals surface area contributed by atoms with Crippen LogP contribution in [0.15, 0.2) is 30.3 Å². The van der Waals surface area contributed by atoms with E-state index in [2.05, 4.69) is 17.4 Å². The second-order valence-electron chi connectivity index (χ2n) is 6.33. The molecule has 1 aromatic rings. The maximum atomic E-state index is 12.6. The zero-order valence-electron chi connectivity index (χ0n) is 13.7. The number of ether oxygens (including phenoxy) is 2. The monoisotopic (exact) mass is 318 g/mol. The van der Waals surface area contributed by atoms with Crippen LogP contribution >= 0.6 is 0 Å². The van der Waals surface area contributed by atoms with Gasteiger partial charge in [0.25, 0.3) is 0 Å². The number of piperidine rings is 1. The fraction of sp³-hybridized carbons (Fsp3) is 0.611. The van der Waals surface area contributed by atoms with Crippen molar-refractivity contribution >= 4 is 5.91 Å². The Balaban J connectivity index is 1.43. The molecule has 2 aliphatic heterocycles. The minimum Gasteiger partial charge on any atom is -0.375 e. The third-order valence-electron chi connectivity index (χ3n) is 4.66. The van der Waals surface area contributed by atoms with Crippen molar-refractivity contribution in [2.24, 2.45) is 0 Å². The first kappa shape index (κ1) is 16.4. The molecule has 3 rings (SSSR count). The predicted molar refractivity (Wildman–Crippen MR) is 88.0 cm³/mol. The molecule has 2 aliphatic rings. The van der Waals surface area contributed by atoms with Crippen molar-refractivity contribution in [2.45, 2.75) is 44.6 Å². The molecule has 1 aromatic carbocycles. The number of hydrogen-bond acceptors (Lipinski definition) is 4. The summed E-state index contributed by atoms with van der Waals surface area (Å²) in [5, 5.41) is 3.28. The van der Waals surface area contributed by atoms with Crippen molar-refractivity contribution in [1.29, 1.82) is 0 Å². The molecule has 2 fully saturated rings. The van der Waals surface area contributed by atoms with Crippen LogP contribution in [0.1, 0.15) is 25.3 Å². The van der Waals surface area contributed by atoms with E-state index in [4.69, 9.17) is 9.47 Å². The summed E-state index contributed by atoms with van der Waals surface area (Å²) in [5.41, 5.74) is 1.20. The maximum Gasteiger partial charge on any atom is 0.242 e. The Morgan fingerprint density at radius 1 is 1.30 bits per heavy atom. The van der Waals surface area contributed by atoms with Gasteiger partial charge in [-0.25, -0.2) is 0 Å². The number of carbonyl (C=O) groups is 1. The molecule has 0 saturated carbocycles. The van der Waals surface area contributed by atoms with Gasteiger partial charge in [0.15, 0.2) is 0 Å². The second-order valence-corrected chi connectivity index (χ2v) is 6.33. The van der Waals surface area contributed by atoms with Crippen LogP contribution in [0.3, 0.4) is 0 Å². The van der Waals surface area contributed by atoms with E-state index >= 15 is 0 Å². The van der Waals surface area contributed by atoms with E-state index in [1.807, 2.05) is 30.0 Å². The summed E-state index contributed by atoms with van der Waals surface area (Å²) in [5.74, 6) is 0.165. The summed E-state index contributed by atoms with van der Waals surface area (Å²) < 4.78 is 11.6. The summed E-state index contributed by atoms with van der Waals surface area (Å²) in [6.07, 6.45) is 2.00. The Morgan fingerprint density at radius 2 is 2.04 bits per heavy atom. The van der Waals surface area contributed by atoms with E-state index in [-0.39, 0.29) is 24.2 Å². The standard InChI is InChI=1S/C18H26N2O3/c1-14-17(19-9-12-22-14)18(21)20-10-7-16(8-11-20)23-13-15-5-3-2-4-6-15/h2-6,14,16-17,19H,7-13H2,1H3/t14-,17+/m1/s1. The van der Waals surface area contributed by atoms with Gasteiger partial charge < -0.3 is 19.7 Å². The van der Waals surface area contributed by atoms with Crippen LogP contribution in [0.4, 0.5) is 0 Å². The molecule has 0 spiro atoms. The minimum atomic E-state index is -0.203. The van der Waals surface area contributed by atoms with Crippen LogP contribution in [0, 0.1) is 0 Å². The summed E-state index contributed by atoms with van der Waals surface area (Å²) in [7, 11) is 0. The predicted octanol–water partition coefficient (Wildman–Crippen LogP) is 1.57. The molecule has 0 bridgehead atoms. The van der Waals surface area contributed by atoms with Crippen molar-refractivity contribution < 1.29 is 14.3 Å². The Kier molecular flexibility index (Phi) is 5.65. The van der Waals surface area contributed by atoms with Crippen molar-refractivity contribution in [3.05, 3.63) is 35.9 Å². The highest BCUT2D eigenvalue weighted by molar-refractivity contribution is 5.82. The molecule has 0 unspecified atom stereocenters. The molecule has 126 valence electrons. The fourth-order valence-corrected chi connectivity index (χ4v) is 3.24. The van der Waals surface area contributed by atoms with Crippen LogP contribution in [-0.4, -0.2) is 55.3 Å². The Morgan fingerprint density at radius 3 is 2.74 bits per heavy atom. The lowest BCUT2D eigenvalue weighted by Crippen LogP contribution is -2.57. The molecule has 2 atom stereocenters. The number of hydrogen-bond donors (Lipinski definition) is 1. The topological polar surface area (TPSA) is 50.8 Å². The largest absolute Gasteiger partial charge is 0.375 e. The Labute approximate surface area is 137 Å². The van der Waals surface area contributed by atoms with Gasteiger partial charge in [-0.2, -0.15) is 0 Å². The number of morpholine rings is 1. The van der Waals surface area contributed by atoms with Crippen LogP contribution in [-0.2, 0) is 20.9 Å². The average molecular weight is 318 g/mol. The van der Waals surface area contributed by atoms with Gasteiger partial charge in [-0.15, -0.1) is 0 Å². The van der Waals surface area contributed by atoms with Gasteiger partial charge in [-0.05, 0) is 25.3 Å². The van der Waals surface area contributed by atoms with Gasteiger partial charge in [0, 0.05) is 19.6 Å². The van der Waals surface area contributed by atoms with Crippen molar-refractivity contribution in [2.75, 3.05) is 26.2 Å². The number of nitrogens with one attached hydrogen (secondary N) is 1. The highest BCUT2D eigenvalue weighted by Crippen LogP contribution is 2.18. The third kappa shape index (κ3) is 4.31. The summed E-state index contributed by atoms with van der Waals surface area (Å²) in [6.45, 7) is 5.57. The number of rotatable bonds is 4. The van der Waals surface area contributed by atoms with Crippen LogP contribution < -0.4 is 5.32 Å². The van der Waals surface area contributed by atoms with Crippen molar-refractivity contribution in [3.63, 3.8) is 0 Å². The molecule has 0 aliphatic carbocycles. The molecule has 5 heteroatoms. The first-order chi connectivity index (χ1) is 11.2. The zero-order chi connectivity index (χ0) is 16.1. The maximum absolute atomic E-state index is 12.6.